The van der Waals surface area contributed by atoms with E-state index >= 15 is 0 Å². The Morgan fingerprint density at radius 1 is 1.14 bits per heavy atom. The molecule has 1 saturated heterocycles. The predicted molar refractivity (Wildman–Crippen MR) is 112 cm³/mol. The number of carbonyl (C=O) groups excluding carboxylic acids is 1. The van der Waals surface area contributed by atoms with Gasteiger partial charge in [-0.2, -0.15) is 0 Å². The lowest BCUT2D eigenvalue weighted by atomic mass is 9.92. The van der Waals surface area contributed by atoms with Crippen LogP contribution in [-0.4, -0.2) is 42.5 Å². The van der Waals surface area contributed by atoms with Crippen LogP contribution in [-0.2, 0) is 4.74 Å². The first-order valence-electron chi connectivity index (χ1n) is 9.80. The normalized spacial score (nSPS) is 14.7. The molecule has 0 aliphatic carbocycles. The van der Waals surface area contributed by atoms with Crippen molar-refractivity contribution in [1.82, 2.24) is 10.2 Å². The van der Waals surface area contributed by atoms with Gasteiger partial charge in [0.05, 0.1) is 18.8 Å². The molecule has 0 amide bonds. The number of esters is 1. The Labute approximate surface area is 174 Å². The average molecular weight is 448 g/mol. The number of halogens is 1. The molecule has 1 aromatic carbocycles. The van der Waals surface area contributed by atoms with Gasteiger partial charge in [-0.25, -0.2) is 4.79 Å². The first-order valence-corrected chi connectivity index (χ1v) is 10.6. The van der Waals surface area contributed by atoms with Crippen molar-refractivity contribution in [2.75, 3.05) is 31.2 Å². The summed E-state index contributed by atoms with van der Waals surface area (Å²) in [4.78, 5) is 13.9. The molecule has 0 spiro atoms. The van der Waals surface area contributed by atoms with E-state index in [-0.39, 0.29) is 5.97 Å². The van der Waals surface area contributed by atoms with Crippen LogP contribution >= 0.6 is 15.9 Å². The summed E-state index contributed by atoms with van der Waals surface area (Å²) in [5.74, 6) is 2.18. The lowest BCUT2D eigenvalue weighted by molar-refractivity contribution is 0.0526. The summed E-state index contributed by atoms with van der Waals surface area (Å²) in [7, 11) is 0. The minimum Gasteiger partial charge on any atom is -0.494 e. The van der Waals surface area contributed by atoms with Crippen molar-refractivity contribution in [2.24, 2.45) is 5.92 Å². The van der Waals surface area contributed by atoms with E-state index in [1.807, 2.05) is 24.3 Å². The number of anilines is 1. The van der Waals surface area contributed by atoms with Crippen molar-refractivity contribution < 1.29 is 14.3 Å². The second kappa shape index (κ2) is 10.4. The van der Waals surface area contributed by atoms with Crippen LogP contribution in [0.1, 0.15) is 43.0 Å². The van der Waals surface area contributed by atoms with Gasteiger partial charge in [0.2, 0.25) is 0 Å². The molecule has 28 heavy (non-hydrogen) atoms. The molecular weight excluding hydrogens is 422 g/mol. The molecule has 2 aromatic rings. The van der Waals surface area contributed by atoms with E-state index in [0.717, 1.165) is 41.6 Å². The smallest absolute Gasteiger partial charge is 0.338 e. The van der Waals surface area contributed by atoms with Gasteiger partial charge in [-0.1, -0.05) is 0 Å². The van der Waals surface area contributed by atoms with Crippen molar-refractivity contribution in [2.45, 2.75) is 32.6 Å². The summed E-state index contributed by atoms with van der Waals surface area (Å²) in [5.41, 5.74) is 0.552. The second-order valence-corrected chi connectivity index (χ2v) is 7.69. The summed E-state index contributed by atoms with van der Waals surface area (Å²) >= 11 is 3.32. The van der Waals surface area contributed by atoms with Gasteiger partial charge < -0.3 is 14.4 Å². The highest BCUT2D eigenvalue weighted by Crippen LogP contribution is 2.25. The third kappa shape index (κ3) is 5.92. The fraction of sp³-hybridized carbons (Fsp3) is 0.476. The summed E-state index contributed by atoms with van der Waals surface area (Å²) < 4.78 is 11.6. The maximum Gasteiger partial charge on any atom is 0.338 e. The van der Waals surface area contributed by atoms with Gasteiger partial charge in [0.25, 0.3) is 0 Å². The molecule has 1 fully saturated rings. The van der Waals surface area contributed by atoms with Gasteiger partial charge in [0.15, 0.2) is 5.82 Å². The zero-order valence-electron chi connectivity index (χ0n) is 16.1. The zero-order valence-corrected chi connectivity index (χ0v) is 17.7. The Morgan fingerprint density at radius 3 is 2.54 bits per heavy atom. The Morgan fingerprint density at radius 2 is 1.89 bits per heavy atom. The van der Waals surface area contributed by atoms with Gasteiger partial charge in [-0.05, 0) is 90.9 Å². The summed E-state index contributed by atoms with van der Waals surface area (Å²) in [6.07, 6.45) is 4.54. The van der Waals surface area contributed by atoms with Gasteiger partial charge in [-0.3, -0.25) is 0 Å². The number of piperidine rings is 1. The average Bonchev–Trinajstić information content (AvgIpc) is 2.73. The number of aromatic nitrogens is 2. The molecule has 2 heterocycles. The van der Waals surface area contributed by atoms with Crippen LogP contribution in [0.4, 0.5) is 5.82 Å². The van der Waals surface area contributed by atoms with Crippen molar-refractivity contribution in [1.29, 1.82) is 0 Å². The van der Waals surface area contributed by atoms with Crippen molar-refractivity contribution in [3.05, 3.63) is 46.6 Å². The van der Waals surface area contributed by atoms with Crippen molar-refractivity contribution in [3.8, 4) is 5.75 Å². The van der Waals surface area contributed by atoms with Gasteiger partial charge >= 0.3 is 5.97 Å². The minimum absolute atomic E-state index is 0.297. The van der Waals surface area contributed by atoms with Crippen LogP contribution < -0.4 is 9.64 Å². The monoisotopic (exact) mass is 447 g/mol. The van der Waals surface area contributed by atoms with E-state index in [9.17, 15) is 4.79 Å². The highest BCUT2D eigenvalue weighted by atomic mass is 79.9. The topological polar surface area (TPSA) is 64.6 Å². The van der Waals surface area contributed by atoms with Crippen LogP contribution in [0.25, 0.3) is 0 Å². The van der Waals surface area contributed by atoms with Crippen molar-refractivity contribution in [3.63, 3.8) is 0 Å². The highest BCUT2D eigenvalue weighted by Gasteiger charge is 2.20. The number of carbonyl (C=O) groups is 1. The van der Waals surface area contributed by atoms with E-state index < -0.39 is 0 Å². The third-order valence-electron chi connectivity index (χ3n) is 4.95. The zero-order chi connectivity index (χ0) is 19.8. The van der Waals surface area contributed by atoms with E-state index in [0.29, 0.717) is 18.8 Å². The summed E-state index contributed by atoms with van der Waals surface area (Å²) in [6.45, 7) is 4.92. The Bertz CT molecular complexity index is 744. The quantitative estimate of drug-likeness (QED) is 0.438. The van der Waals surface area contributed by atoms with E-state index in [1.165, 1.54) is 19.3 Å². The fourth-order valence-electron chi connectivity index (χ4n) is 3.39. The maximum absolute atomic E-state index is 11.6. The fourth-order valence-corrected chi connectivity index (χ4v) is 3.60. The first-order chi connectivity index (χ1) is 13.7. The molecule has 7 heteroatoms. The minimum atomic E-state index is -0.297. The molecule has 1 aliphatic rings. The number of rotatable bonds is 8. The molecule has 0 radical (unpaired) electrons. The van der Waals surface area contributed by atoms with Crippen LogP contribution in [0.2, 0.25) is 0 Å². The molecule has 0 saturated carbocycles. The Balaban J connectivity index is 1.34. The first kappa shape index (κ1) is 20.6. The largest absolute Gasteiger partial charge is 0.494 e. The molecule has 0 bridgehead atoms. The van der Waals surface area contributed by atoms with Crippen LogP contribution in [0, 0.1) is 5.92 Å². The Hall–Kier alpha value is -2.15. The van der Waals surface area contributed by atoms with Gasteiger partial charge in [-0.15, -0.1) is 10.2 Å². The molecule has 1 aliphatic heterocycles. The Kier molecular flexibility index (Phi) is 7.65. The molecule has 6 nitrogen and oxygen atoms in total. The predicted octanol–water partition coefficient (Wildman–Crippen LogP) is 4.49. The summed E-state index contributed by atoms with van der Waals surface area (Å²) in [5, 5.41) is 8.31. The van der Waals surface area contributed by atoms with Gasteiger partial charge in [0.1, 0.15) is 10.4 Å². The van der Waals surface area contributed by atoms with E-state index in [4.69, 9.17) is 9.47 Å². The standard InChI is InChI=1S/C21H26BrN3O3/c1-2-27-21(26)17-5-7-18(8-6-17)28-15-3-4-16-11-13-25(14-12-16)20-10-9-19(22)23-24-20/h5-10,16H,2-4,11-15H2,1H3. The van der Waals surface area contributed by atoms with Crippen LogP contribution in [0.3, 0.4) is 0 Å². The van der Waals surface area contributed by atoms with Crippen LogP contribution in [0.15, 0.2) is 41.0 Å². The summed E-state index contributed by atoms with van der Waals surface area (Å²) in [6, 6.07) is 11.1. The van der Waals surface area contributed by atoms with E-state index in [1.54, 1.807) is 19.1 Å². The number of benzene rings is 1. The number of hydrogen-bond acceptors (Lipinski definition) is 6. The lowest BCUT2D eigenvalue weighted by Crippen LogP contribution is -2.34. The lowest BCUT2D eigenvalue weighted by Gasteiger charge is -2.32. The maximum atomic E-state index is 11.6. The number of nitrogens with zero attached hydrogens (tertiary/aromatic N) is 3. The molecule has 1 aromatic heterocycles. The molecule has 150 valence electrons. The van der Waals surface area contributed by atoms with Gasteiger partial charge in [0, 0.05) is 13.1 Å². The number of hydrogen-bond donors (Lipinski definition) is 0. The molecule has 3 rings (SSSR count). The second-order valence-electron chi connectivity index (χ2n) is 6.88. The van der Waals surface area contributed by atoms with E-state index in [2.05, 4.69) is 31.0 Å². The third-order valence-corrected chi connectivity index (χ3v) is 5.37. The molecule has 0 atom stereocenters. The SMILES string of the molecule is CCOC(=O)c1ccc(OCCCC2CCN(c3ccc(Br)nn3)CC2)cc1. The molecular formula is C21H26BrN3O3. The van der Waals surface area contributed by atoms with Crippen LogP contribution in [0.5, 0.6) is 5.75 Å². The molecule has 0 unspecified atom stereocenters. The number of ether oxygens (including phenoxy) is 2. The molecule has 0 N–H and O–H groups in total. The van der Waals surface area contributed by atoms with Crippen molar-refractivity contribution >= 4 is 27.7 Å². The highest BCUT2D eigenvalue weighted by molar-refractivity contribution is 9.10.